The summed E-state index contributed by atoms with van der Waals surface area (Å²) in [5, 5.41) is 0. The number of carbonyl (C=O) groups excluding carboxylic acids is 3. The van der Waals surface area contributed by atoms with Crippen molar-refractivity contribution < 1.29 is 14.4 Å². The number of hydrazine groups is 1. The Kier molecular flexibility index (Phi) is 6.01. The summed E-state index contributed by atoms with van der Waals surface area (Å²) in [6.07, 6.45) is 1.60. The van der Waals surface area contributed by atoms with Gasteiger partial charge in [-0.2, -0.15) is 0 Å². The van der Waals surface area contributed by atoms with Gasteiger partial charge in [0.15, 0.2) is 0 Å². The van der Waals surface area contributed by atoms with Crippen molar-refractivity contribution in [3.8, 4) is 0 Å². The summed E-state index contributed by atoms with van der Waals surface area (Å²) in [6.45, 7) is 7.06. The van der Waals surface area contributed by atoms with E-state index < -0.39 is 0 Å². The van der Waals surface area contributed by atoms with Crippen molar-refractivity contribution in [2.24, 2.45) is 0 Å². The lowest BCUT2D eigenvalue weighted by molar-refractivity contribution is -0.121. The summed E-state index contributed by atoms with van der Waals surface area (Å²) in [5.74, 6) is -0.537. The number of anilines is 1. The third-order valence-corrected chi connectivity index (χ3v) is 5.01. The van der Waals surface area contributed by atoms with Crippen LogP contribution in [-0.4, -0.2) is 24.3 Å². The quantitative estimate of drug-likeness (QED) is 0.784. The maximum atomic E-state index is 12.2. The summed E-state index contributed by atoms with van der Waals surface area (Å²) in [6, 6.07) is 14.7. The zero-order valence-electron chi connectivity index (χ0n) is 17.1. The Morgan fingerprint density at radius 3 is 2.17 bits per heavy atom. The summed E-state index contributed by atoms with van der Waals surface area (Å²) in [7, 11) is 0. The monoisotopic (exact) mass is 393 g/mol. The predicted molar refractivity (Wildman–Crippen MR) is 112 cm³/mol. The summed E-state index contributed by atoms with van der Waals surface area (Å²) >= 11 is 0. The minimum absolute atomic E-state index is 0.0147. The molecule has 0 bridgehead atoms. The molecule has 0 unspecified atom stereocenters. The fourth-order valence-electron chi connectivity index (χ4n) is 3.26. The number of nitrogens with one attached hydrogen (secondary N) is 2. The van der Waals surface area contributed by atoms with E-state index in [9.17, 15) is 14.4 Å². The standard InChI is InChI=1S/C23H27N3O3/c1-23(2,3)18-10-8-17(9-11-18)22(29)25-24-20(27)15-16-6-12-19(13-7-16)26-14-4-5-21(26)28/h6-13H,4-5,14-15H2,1-3H3,(H,24,27)(H,25,29). The Morgan fingerprint density at radius 2 is 1.62 bits per heavy atom. The Morgan fingerprint density at radius 1 is 0.966 bits per heavy atom. The molecular weight excluding hydrogens is 366 g/mol. The normalized spacial score (nSPS) is 14.0. The number of hydrogen-bond donors (Lipinski definition) is 2. The Hall–Kier alpha value is -3.15. The summed E-state index contributed by atoms with van der Waals surface area (Å²) in [5.41, 5.74) is 8.19. The lowest BCUT2D eigenvalue weighted by Crippen LogP contribution is -2.42. The van der Waals surface area contributed by atoms with Crippen LogP contribution >= 0.6 is 0 Å². The average Bonchev–Trinajstić information content (AvgIpc) is 3.12. The molecule has 1 heterocycles. The van der Waals surface area contributed by atoms with Gasteiger partial charge < -0.3 is 4.90 Å². The minimum atomic E-state index is -0.360. The van der Waals surface area contributed by atoms with Gasteiger partial charge in [0.05, 0.1) is 6.42 Å². The van der Waals surface area contributed by atoms with Gasteiger partial charge >= 0.3 is 0 Å². The molecular formula is C23H27N3O3. The maximum Gasteiger partial charge on any atom is 0.269 e. The van der Waals surface area contributed by atoms with Crippen LogP contribution in [0.5, 0.6) is 0 Å². The Balaban J connectivity index is 1.50. The van der Waals surface area contributed by atoms with Crippen LogP contribution in [0.1, 0.15) is 55.1 Å². The van der Waals surface area contributed by atoms with Crippen molar-refractivity contribution >= 4 is 23.4 Å². The SMILES string of the molecule is CC(C)(C)c1ccc(C(=O)NNC(=O)Cc2ccc(N3CCCC3=O)cc2)cc1. The van der Waals surface area contributed by atoms with Gasteiger partial charge in [-0.15, -0.1) is 0 Å². The van der Waals surface area contributed by atoms with Gasteiger partial charge in [-0.05, 0) is 47.2 Å². The lowest BCUT2D eigenvalue weighted by atomic mass is 9.87. The molecule has 3 amide bonds. The van der Waals surface area contributed by atoms with Crippen LogP contribution in [-0.2, 0) is 21.4 Å². The van der Waals surface area contributed by atoms with E-state index in [4.69, 9.17) is 0 Å². The van der Waals surface area contributed by atoms with Gasteiger partial charge in [-0.3, -0.25) is 25.2 Å². The lowest BCUT2D eigenvalue weighted by Gasteiger charge is -2.19. The van der Waals surface area contributed by atoms with Crippen molar-refractivity contribution in [2.45, 2.75) is 45.4 Å². The second kappa shape index (κ2) is 8.47. The van der Waals surface area contributed by atoms with Crippen LogP contribution in [0.4, 0.5) is 5.69 Å². The van der Waals surface area contributed by atoms with Crippen LogP contribution in [0.15, 0.2) is 48.5 Å². The van der Waals surface area contributed by atoms with Gasteiger partial charge in [-0.1, -0.05) is 45.0 Å². The van der Waals surface area contributed by atoms with E-state index in [-0.39, 0.29) is 29.6 Å². The molecule has 0 saturated carbocycles. The summed E-state index contributed by atoms with van der Waals surface area (Å²) in [4.78, 5) is 37.9. The zero-order chi connectivity index (χ0) is 21.0. The molecule has 1 aliphatic rings. The highest BCUT2D eigenvalue weighted by molar-refractivity contribution is 5.96. The molecule has 1 fully saturated rings. The first kappa shape index (κ1) is 20.6. The molecule has 0 spiro atoms. The largest absolute Gasteiger partial charge is 0.312 e. The topological polar surface area (TPSA) is 78.5 Å². The predicted octanol–water partition coefficient (Wildman–Crippen LogP) is 3.11. The molecule has 0 aliphatic carbocycles. The molecule has 1 aliphatic heterocycles. The van der Waals surface area contributed by atoms with E-state index in [2.05, 4.69) is 31.6 Å². The van der Waals surface area contributed by atoms with E-state index in [0.29, 0.717) is 12.0 Å². The van der Waals surface area contributed by atoms with Gasteiger partial charge in [0.1, 0.15) is 0 Å². The molecule has 152 valence electrons. The number of nitrogens with zero attached hydrogens (tertiary/aromatic N) is 1. The molecule has 0 aromatic heterocycles. The summed E-state index contributed by atoms with van der Waals surface area (Å²) < 4.78 is 0. The second-order valence-corrected chi connectivity index (χ2v) is 8.32. The highest BCUT2D eigenvalue weighted by Crippen LogP contribution is 2.22. The minimum Gasteiger partial charge on any atom is -0.312 e. The van der Waals surface area contributed by atoms with Crippen molar-refractivity contribution in [1.82, 2.24) is 10.9 Å². The fourth-order valence-corrected chi connectivity index (χ4v) is 3.26. The first-order valence-electron chi connectivity index (χ1n) is 9.83. The van der Waals surface area contributed by atoms with E-state index in [1.54, 1.807) is 17.0 Å². The molecule has 2 N–H and O–H groups in total. The molecule has 2 aromatic rings. The first-order chi connectivity index (χ1) is 13.7. The van der Waals surface area contributed by atoms with Crippen LogP contribution < -0.4 is 15.8 Å². The van der Waals surface area contributed by atoms with Crippen LogP contribution in [0.2, 0.25) is 0 Å². The molecule has 0 radical (unpaired) electrons. The molecule has 0 atom stereocenters. The second-order valence-electron chi connectivity index (χ2n) is 8.32. The first-order valence-corrected chi connectivity index (χ1v) is 9.83. The highest BCUT2D eigenvalue weighted by atomic mass is 16.2. The van der Waals surface area contributed by atoms with Crippen molar-refractivity contribution in [2.75, 3.05) is 11.4 Å². The third kappa shape index (κ3) is 5.22. The fraction of sp³-hybridized carbons (Fsp3) is 0.348. The highest BCUT2D eigenvalue weighted by Gasteiger charge is 2.21. The molecule has 2 aromatic carbocycles. The van der Waals surface area contributed by atoms with Crippen LogP contribution in [0, 0.1) is 0 Å². The molecule has 6 heteroatoms. The molecule has 3 rings (SSSR count). The van der Waals surface area contributed by atoms with Gasteiger partial charge in [0.25, 0.3) is 5.91 Å². The van der Waals surface area contributed by atoms with E-state index in [0.717, 1.165) is 29.8 Å². The maximum absolute atomic E-state index is 12.2. The van der Waals surface area contributed by atoms with E-state index >= 15 is 0 Å². The van der Waals surface area contributed by atoms with Crippen molar-refractivity contribution in [3.63, 3.8) is 0 Å². The van der Waals surface area contributed by atoms with E-state index in [1.165, 1.54) is 0 Å². The molecule has 29 heavy (non-hydrogen) atoms. The Labute approximate surface area is 171 Å². The third-order valence-electron chi connectivity index (χ3n) is 5.01. The van der Waals surface area contributed by atoms with Gasteiger partial charge in [-0.25, -0.2) is 0 Å². The van der Waals surface area contributed by atoms with Crippen LogP contribution in [0.25, 0.3) is 0 Å². The van der Waals surface area contributed by atoms with Crippen molar-refractivity contribution in [3.05, 3.63) is 65.2 Å². The number of rotatable bonds is 4. The number of hydrogen-bond acceptors (Lipinski definition) is 3. The smallest absolute Gasteiger partial charge is 0.269 e. The number of amides is 3. The molecule has 6 nitrogen and oxygen atoms in total. The van der Waals surface area contributed by atoms with Crippen molar-refractivity contribution in [1.29, 1.82) is 0 Å². The van der Waals surface area contributed by atoms with Crippen LogP contribution in [0.3, 0.4) is 0 Å². The van der Waals surface area contributed by atoms with Gasteiger partial charge in [0.2, 0.25) is 11.8 Å². The molecule has 1 saturated heterocycles. The zero-order valence-corrected chi connectivity index (χ0v) is 17.1. The number of carbonyl (C=O) groups is 3. The Bertz CT molecular complexity index is 896. The average molecular weight is 393 g/mol. The van der Waals surface area contributed by atoms with E-state index in [1.807, 2.05) is 36.4 Å². The van der Waals surface area contributed by atoms with Gasteiger partial charge in [0, 0.05) is 24.2 Å². The number of benzene rings is 2.